The molecule has 1 heterocycles. The Hall–Kier alpha value is -2.42. The monoisotopic (exact) mass is 444 g/mol. The molecule has 2 aromatic rings. The van der Waals surface area contributed by atoms with Gasteiger partial charge in [-0.15, -0.1) is 0 Å². The number of ether oxygens (including phenoxy) is 2. The molecule has 1 aliphatic heterocycles. The summed E-state index contributed by atoms with van der Waals surface area (Å²) < 4.78 is 38.0. The van der Waals surface area contributed by atoms with Crippen molar-refractivity contribution in [1.82, 2.24) is 9.62 Å². The van der Waals surface area contributed by atoms with E-state index in [1.165, 1.54) is 47.2 Å². The Morgan fingerprint density at radius 1 is 1.10 bits per heavy atom. The number of carbonyl (C=O) groups excluding carboxylic acids is 1. The smallest absolute Gasteiger partial charge is 0.255 e. The number of methoxy groups -OCH3 is 1. The minimum Gasteiger partial charge on any atom is -0.496 e. The van der Waals surface area contributed by atoms with E-state index in [4.69, 9.17) is 9.47 Å². The van der Waals surface area contributed by atoms with E-state index in [2.05, 4.69) is 17.4 Å². The van der Waals surface area contributed by atoms with Crippen LogP contribution in [0.5, 0.6) is 5.75 Å². The molecule has 1 N–H and O–H groups in total. The second-order valence-electron chi connectivity index (χ2n) is 7.96. The summed E-state index contributed by atoms with van der Waals surface area (Å²) in [5.41, 5.74) is 3.95. The Labute approximate surface area is 183 Å². The Morgan fingerprint density at radius 3 is 2.58 bits per heavy atom. The Bertz CT molecular complexity index is 1080. The van der Waals surface area contributed by atoms with E-state index in [-0.39, 0.29) is 22.4 Å². The molecule has 1 amide bonds. The normalized spacial score (nSPS) is 17.7. The summed E-state index contributed by atoms with van der Waals surface area (Å²) in [6.07, 6.45) is 3.35. The number of sulfonamides is 1. The standard InChI is InChI=1S/C23H28N2O5S/c1-16(18-7-6-17-4-3-5-19(17)14-18)24-23(26)21-15-20(8-9-22(21)29-2)31(27,28)25-10-12-30-13-11-25/h6-9,14-16H,3-5,10-13H2,1-2H3,(H,24,26)/t16-/m1/s1. The maximum Gasteiger partial charge on any atom is 0.255 e. The van der Waals surface area contributed by atoms with Gasteiger partial charge in [0.2, 0.25) is 10.0 Å². The quantitative estimate of drug-likeness (QED) is 0.741. The fourth-order valence-corrected chi connectivity index (χ4v) is 5.61. The van der Waals surface area contributed by atoms with Crippen molar-refractivity contribution < 1.29 is 22.7 Å². The lowest BCUT2D eigenvalue weighted by Crippen LogP contribution is -2.40. The number of benzene rings is 2. The number of aryl methyl sites for hydroxylation is 2. The molecule has 0 radical (unpaired) electrons. The molecule has 0 unspecified atom stereocenters. The Morgan fingerprint density at radius 2 is 1.84 bits per heavy atom. The summed E-state index contributed by atoms with van der Waals surface area (Å²) in [6.45, 7) is 3.24. The van der Waals surface area contributed by atoms with Crippen LogP contribution in [0.3, 0.4) is 0 Å². The van der Waals surface area contributed by atoms with Gasteiger partial charge in [-0.3, -0.25) is 4.79 Å². The molecule has 1 atom stereocenters. The largest absolute Gasteiger partial charge is 0.496 e. The van der Waals surface area contributed by atoms with Crippen LogP contribution >= 0.6 is 0 Å². The number of morpholine rings is 1. The second kappa shape index (κ2) is 8.98. The summed E-state index contributed by atoms with van der Waals surface area (Å²) in [6, 6.07) is 10.5. The Kier molecular flexibility index (Phi) is 6.31. The lowest BCUT2D eigenvalue weighted by Gasteiger charge is -2.26. The lowest BCUT2D eigenvalue weighted by atomic mass is 10.0. The van der Waals surface area contributed by atoms with Gasteiger partial charge < -0.3 is 14.8 Å². The molecule has 0 saturated carbocycles. The summed E-state index contributed by atoms with van der Waals surface area (Å²) in [5, 5.41) is 2.99. The molecule has 4 rings (SSSR count). The van der Waals surface area contributed by atoms with E-state index in [1.807, 2.05) is 13.0 Å². The highest BCUT2D eigenvalue weighted by Gasteiger charge is 2.28. The lowest BCUT2D eigenvalue weighted by molar-refractivity contribution is 0.0730. The average molecular weight is 445 g/mol. The highest BCUT2D eigenvalue weighted by Crippen LogP contribution is 2.28. The van der Waals surface area contributed by atoms with Crippen molar-refractivity contribution in [3.05, 3.63) is 58.7 Å². The van der Waals surface area contributed by atoms with Crippen molar-refractivity contribution in [2.75, 3.05) is 33.4 Å². The van der Waals surface area contributed by atoms with Crippen LogP contribution in [-0.4, -0.2) is 52.0 Å². The van der Waals surface area contributed by atoms with Gasteiger partial charge in [0.1, 0.15) is 5.75 Å². The molecule has 31 heavy (non-hydrogen) atoms. The van der Waals surface area contributed by atoms with Gasteiger partial charge in [0.25, 0.3) is 5.91 Å². The average Bonchev–Trinajstić information content (AvgIpc) is 3.27. The first-order valence-electron chi connectivity index (χ1n) is 10.6. The third kappa shape index (κ3) is 4.46. The number of hydrogen-bond donors (Lipinski definition) is 1. The van der Waals surface area contributed by atoms with E-state index in [0.29, 0.717) is 32.1 Å². The van der Waals surface area contributed by atoms with Gasteiger partial charge in [-0.1, -0.05) is 18.2 Å². The van der Waals surface area contributed by atoms with Crippen LogP contribution < -0.4 is 10.1 Å². The molecule has 1 fully saturated rings. The van der Waals surface area contributed by atoms with Gasteiger partial charge in [-0.2, -0.15) is 4.31 Å². The third-order valence-electron chi connectivity index (χ3n) is 5.99. The van der Waals surface area contributed by atoms with Crippen molar-refractivity contribution in [3.8, 4) is 5.75 Å². The van der Waals surface area contributed by atoms with E-state index >= 15 is 0 Å². The van der Waals surface area contributed by atoms with E-state index < -0.39 is 10.0 Å². The summed E-state index contributed by atoms with van der Waals surface area (Å²) in [4.78, 5) is 13.2. The summed E-state index contributed by atoms with van der Waals surface area (Å²) in [7, 11) is -2.25. The van der Waals surface area contributed by atoms with Crippen LogP contribution in [0, 0.1) is 0 Å². The van der Waals surface area contributed by atoms with E-state index in [0.717, 1.165) is 18.4 Å². The van der Waals surface area contributed by atoms with Crippen LogP contribution in [0.4, 0.5) is 0 Å². The van der Waals surface area contributed by atoms with Gasteiger partial charge in [-0.05, 0) is 61.1 Å². The SMILES string of the molecule is COc1ccc(S(=O)(=O)N2CCOCC2)cc1C(=O)N[C@H](C)c1ccc2c(c1)CCC2. The summed E-state index contributed by atoms with van der Waals surface area (Å²) in [5.74, 6) is -0.0385. The number of carbonyl (C=O) groups is 1. The van der Waals surface area contributed by atoms with E-state index in [9.17, 15) is 13.2 Å². The van der Waals surface area contributed by atoms with Crippen LogP contribution in [0.2, 0.25) is 0 Å². The zero-order chi connectivity index (χ0) is 22.0. The minimum absolute atomic E-state index is 0.0746. The molecular formula is C23H28N2O5S. The maximum absolute atomic E-state index is 13.1. The maximum atomic E-state index is 13.1. The Balaban J connectivity index is 1.57. The molecule has 7 nitrogen and oxygen atoms in total. The number of hydrogen-bond acceptors (Lipinski definition) is 5. The number of rotatable bonds is 6. The van der Waals surface area contributed by atoms with Crippen molar-refractivity contribution in [1.29, 1.82) is 0 Å². The molecule has 8 heteroatoms. The minimum atomic E-state index is -3.71. The zero-order valence-corrected chi connectivity index (χ0v) is 18.7. The zero-order valence-electron chi connectivity index (χ0n) is 17.9. The first-order chi connectivity index (χ1) is 14.9. The molecule has 1 saturated heterocycles. The van der Waals surface area contributed by atoms with E-state index in [1.54, 1.807) is 0 Å². The number of fused-ring (bicyclic) bond motifs is 1. The van der Waals surface area contributed by atoms with Gasteiger partial charge >= 0.3 is 0 Å². The highest BCUT2D eigenvalue weighted by atomic mass is 32.2. The third-order valence-corrected chi connectivity index (χ3v) is 7.89. The number of nitrogens with one attached hydrogen (secondary N) is 1. The molecule has 166 valence electrons. The summed E-state index contributed by atoms with van der Waals surface area (Å²) >= 11 is 0. The first kappa shape index (κ1) is 21.8. The van der Waals surface area contributed by atoms with Gasteiger partial charge in [0.05, 0.1) is 36.8 Å². The highest BCUT2D eigenvalue weighted by molar-refractivity contribution is 7.89. The van der Waals surface area contributed by atoms with Crippen molar-refractivity contribution in [3.63, 3.8) is 0 Å². The predicted molar refractivity (Wildman–Crippen MR) is 117 cm³/mol. The molecule has 0 spiro atoms. The first-order valence-corrected chi connectivity index (χ1v) is 12.0. The molecule has 2 aromatic carbocycles. The molecule has 0 bridgehead atoms. The van der Waals surface area contributed by atoms with Crippen LogP contribution in [0.25, 0.3) is 0 Å². The second-order valence-corrected chi connectivity index (χ2v) is 9.89. The van der Waals surface area contributed by atoms with Crippen LogP contribution in [0.15, 0.2) is 41.3 Å². The number of nitrogens with zero attached hydrogens (tertiary/aromatic N) is 1. The fourth-order valence-electron chi connectivity index (χ4n) is 4.18. The van der Waals surface area contributed by atoms with Gasteiger partial charge in [0.15, 0.2) is 0 Å². The fraction of sp³-hybridized carbons (Fsp3) is 0.435. The van der Waals surface area contributed by atoms with Crippen LogP contribution in [0.1, 0.15) is 46.4 Å². The molecule has 1 aliphatic carbocycles. The molecular weight excluding hydrogens is 416 g/mol. The van der Waals surface area contributed by atoms with Gasteiger partial charge in [-0.25, -0.2) is 8.42 Å². The topological polar surface area (TPSA) is 84.9 Å². The number of amides is 1. The van der Waals surface area contributed by atoms with Crippen LogP contribution in [-0.2, 0) is 27.6 Å². The molecule has 0 aromatic heterocycles. The molecule has 2 aliphatic rings. The van der Waals surface area contributed by atoms with Crippen molar-refractivity contribution in [2.45, 2.75) is 37.1 Å². The van der Waals surface area contributed by atoms with Gasteiger partial charge in [0, 0.05) is 13.1 Å². The predicted octanol–water partition coefficient (Wildman–Crippen LogP) is 2.70. The van der Waals surface area contributed by atoms with Crippen molar-refractivity contribution >= 4 is 15.9 Å². The van der Waals surface area contributed by atoms with Crippen molar-refractivity contribution in [2.24, 2.45) is 0 Å².